The molecular formula is C4H8N2S. The minimum absolute atomic E-state index is 0.761. The largest absolute Gasteiger partial charge is 0.402 e. The highest BCUT2D eigenvalue weighted by Gasteiger charge is 1.71. The van der Waals surface area contributed by atoms with Crippen LogP contribution in [-0.2, 0) is 0 Å². The third-order valence-electron chi connectivity index (χ3n) is 0.313. The molecular weight excluding hydrogens is 108 g/mol. The van der Waals surface area contributed by atoms with Crippen LogP contribution >= 0.6 is 11.9 Å². The minimum Gasteiger partial charge on any atom is -0.402 e. The Labute approximate surface area is 47.6 Å². The predicted molar refractivity (Wildman–Crippen MR) is 35.1 cm³/mol. The maximum Gasteiger partial charge on any atom is 0.0131 e. The molecule has 7 heavy (non-hydrogen) atoms. The molecule has 40 valence electrons. The van der Waals surface area contributed by atoms with Gasteiger partial charge in [-0.1, -0.05) is 0 Å². The second-order valence-corrected chi connectivity index (χ2v) is 1.80. The van der Waals surface area contributed by atoms with Gasteiger partial charge in [0.15, 0.2) is 0 Å². The normalized spacial score (nSPS) is 11.3. The lowest BCUT2D eigenvalue weighted by Crippen LogP contribution is -1.86. The Bertz CT molecular complexity index is 83.7. The van der Waals surface area contributed by atoms with Crippen LogP contribution in [0.1, 0.15) is 6.92 Å². The lowest BCUT2D eigenvalue weighted by atomic mass is 10.6. The summed E-state index contributed by atoms with van der Waals surface area (Å²) in [5.74, 6) is 0. The third kappa shape index (κ3) is 5.56. The molecule has 0 aromatic heterocycles. The van der Waals surface area contributed by atoms with E-state index in [1.807, 2.05) is 0 Å². The van der Waals surface area contributed by atoms with Crippen LogP contribution in [0.25, 0.3) is 0 Å². The first kappa shape index (κ1) is 6.56. The Hall–Kier alpha value is -0.440. The van der Waals surface area contributed by atoms with Gasteiger partial charge in [-0.15, -0.1) is 0 Å². The molecule has 2 N–H and O–H groups in total. The third-order valence-corrected chi connectivity index (χ3v) is 0.939. The summed E-state index contributed by atoms with van der Waals surface area (Å²) < 4.78 is 3.49. The van der Waals surface area contributed by atoms with Crippen LogP contribution < -0.4 is 5.73 Å². The first-order valence-electron chi connectivity index (χ1n) is 1.81. The van der Waals surface area contributed by atoms with Crippen molar-refractivity contribution in [3.8, 4) is 0 Å². The van der Waals surface area contributed by atoms with Crippen LogP contribution in [0, 0.1) is 0 Å². The quantitative estimate of drug-likeness (QED) is 0.434. The monoisotopic (exact) mass is 116 g/mol. The molecule has 0 atom stereocenters. The van der Waals surface area contributed by atoms with Gasteiger partial charge in [0.25, 0.3) is 0 Å². The van der Waals surface area contributed by atoms with E-state index in [2.05, 4.69) is 11.1 Å². The zero-order chi connectivity index (χ0) is 5.70. The summed E-state index contributed by atoms with van der Waals surface area (Å²) in [6, 6.07) is 0. The van der Waals surface area contributed by atoms with Crippen molar-refractivity contribution >= 4 is 18.7 Å². The number of hydrogen-bond acceptors (Lipinski definition) is 3. The van der Waals surface area contributed by atoms with Gasteiger partial charge in [-0.25, -0.2) is 4.40 Å². The molecule has 0 radical (unpaired) electrons. The van der Waals surface area contributed by atoms with Crippen molar-refractivity contribution in [1.82, 2.24) is 0 Å². The summed E-state index contributed by atoms with van der Waals surface area (Å²) in [6.07, 6.45) is 0. The summed E-state index contributed by atoms with van der Waals surface area (Å²) in [4.78, 5) is 0. The van der Waals surface area contributed by atoms with E-state index in [-0.39, 0.29) is 0 Å². The Balaban J connectivity index is 3.25. The van der Waals surface area contributed by atoms with E-state index < -0.39 is 0 Å². The fraction of sp³-hybridized carbons (Fsp3) is 0.250. The van der Waals surface area contributed by atoms with Gasteiger partial charge in [0, 0.05) is 23.1 Å². The molecule has 0 aromatic carbocycles. The topological polar surface area (TPSA) is 38.4 Å². The van der Waals surface area contributed by atoms with Gasteiger partial charge < -0.3 is 5.73 Å². The fourth-order valence-electron chi connectivity index (χ4n) is 0.120. The van der Waals surface area contributed by atoms with E-state index >= 15 is 0 Å². The first-order chi connectivity index (χ1) is 3.27. The zero-order valence-corrected chi connectivity index (χ0v) is 5.03. The molecule has 0 fully saturated rings. The van der Waals surface area contributed by atoms with Gasteiger partial charge in [-0.05, 0) is 13.6 Å². The molecule has 0 spiro atoms. The Kier molecular flexibility index (Phi) is 3.50. The van der Waals surface area contributed by atoms with Crippen molar-refractivity contribution < 1.29 is 0 Å². The van der Waals surface area contributed by atoms with Crippen molar-refractivity contribution in [1.29, 1.82) is 0 Å². The summed E-state index contributed by atoms with van der Waals surface area (Å²) in [7, 11) is 0. The van der Waals surface area contributed by atoms with Gasteiger partial charge in [0.1, 0.15) is 0 Å². The molecule has 0 aromatic rings. The lowest BCUT2D eigenvalue weighted by Gasteiger charge is -1.82. The van der Waals surface area contributed by atoms with Gasteiger partial charge in [0.05, 0.1) is 0 Å². The predicted octanol–water partition coefficient (Wildman–Crippen LogP) is 1.16. The standard InChI is InChI=1S/C4H8N2S/c1-4(5)3-7-6-2/h3H,2,5H2,1H3/b4-3-. The minimum atomic E-state index is 0.761. The van der Waals surface area contributed by atoms with Crippen molar-refractivity contribution in [2.45, 2.75) is 6.92 Å². The summed E-state index contributed by atoms with van der Waals surface area (Å²) in [5, 5.41) is 1.73. The van der Waals surface area contributed by atoms with E-state index in [1.165, 1.54) is 11.9 Å². The summed E-state index contributed by atoms with van der Waals surface area (Å²) in [5.41, 5.74) is 5.99. The smallest absolute Gasteiger partial charge is 0.0131 e. The van der Waals surface area contributed by atoms with E-state index in [1.54, 1.807) is 12.3 Å². The maximum atomic E-state index is 5.23. The highest BCUT2D eigenvalue weighted by molar-refractivity contribution is 8.00. The second kappa shape index (κ2) is 3.74. The van der Waals surface area contributed by atoms with Gasteiger partial charge in [-0.2, -0.15) is 0 Å². The van der Waals surface area contributed by atoms with Crippen molar-refractivity contribution in [3.05, 3.63) is 11.1 Å². The molecule has 0 saturated heterocycles. The average Bonchev–Trinajstić information content (AvgIpc) is 1.61. The SMILES string of the molecule is C=NS/C=C(/C)N. The Morgan fingerprint density at radius 3 is 2.71 bits per heavy atom. The average molecular weight is 116 g/mol. The van der Waals surface area contributed by atoms with Crippen LogP contribution in [0.5, 0.6) is 0 Å². The summed E-state index contributed by atoms with van der Waals surface area (Å²) >= 11 is 1.24. The second-order valence-electron chi connectivity index (χ2n) is 1.10. The van der Waals surface area contributed by atoms with Gasteiger partial charge in [0.2, 0.25) is 0 Å². The van der Waals surface area contributed by atoms with Gasteiger partial charge in [-0.3, -0.25) is 0 Å². The molecule has 2 nitrogen and oxygen atoms in total. The molecule has 0 heterocycles. The molecule has 0 amide bonds. The van der Waals surface area contributed by atoms with Gasteiger partial charge >= 0.3 is 0 Å². The zero-order valence-electron chi connectivity index (χ0n) is 4.22. The molecule has 0 bridgehead atoms. The number of nitrogens with zero attached hydrogens (tertiary/aromatic N) is 1. The first-order valence-corrected chi connectivity index (χ1v) is 2.65. The Morgan fingerprint density at radius 2 is 2.57 bits per heavy atom. The van der Waals surface area contributed by atoms with E-state index in [4.69, 9.17) is 5.73 Å². The highest BCUT2D eigenvalue weighted by Crippen LogP contribution is 2.01. The molecule has 3 heteroatoms. The molecule has 0 unspecified atom stereocenters. The van der Waals surface area contributed by atoms with E-state index in [0.29, 0.717) is 0 Å². The Morgan fingerprint density at radius 1 is 2.00 bits per heavy atom. The van der Waals surface area contributed by atoms with E-state index in [0.717, 1.165) is 5.70 Å². The number of nitrogens with two attached hydrogens (primary N) is 1. The van der Waals surface area contributed by atoms with E-state index in [9.17, 15) is 0 Å². The molecule has 0 aliphatic carbocycles. The number of allylic oxidation sites excluding steroid dienone is 1. The fourth-order valence-corrected chi connectivity index (χ4v) is 0.361. The van der Waals surface area contributed by atoms with Crippen LogP contribution in [0.15, 0.2) is 15.5 Å². The van der Waals surface area contributed by atoms with Crippen LogP contribution in [0.3, 0.4) is 0 Å². The molecule has 0 rings (SSSR count). The van der Waals surface area contributed by atoms with Crippen LogP contribution in [0.4, 0.5) is 0 Å². The van der Waals surface area contributed by atoms with Crippen molar-refractivity contribution in [2.75, 3.05) is 0 Å². The van der Waals surface area contributed by atoms with Crippen LogP contribution in [0.2, 0.25) is 0 Å². The number of rotatable bonds is 2. The maximum absolute atomic E-state index is 5.23. The van der Waals surface area contributed by atoms with Crippen molar-refractivity contribution in [2.24, 2.45) is 10.1 Å². The van der Waals surface area contributed by atoms with Crippen molar-refractivity contribution in [3.63, 3.8) is 0 Å². The highest BCUT2D eigenvalue weighted by atomic mass is 32.2. The molecule has 0 saturated carbocycles. The van der Waals surface area contributed by atoms with Crippen LogP contribution in [-0.4, -0.2) is 6.72 Å². The lowest BCUT2D eigenvalue weighted by molar-refractivity contribution is 1.33. The molecule has 0 aliphatic rings. The summed E-state index contributed by atoms with van der Waals surface area (Å²) in [6.45, 7) is 5.05. The molecule has 0 aliphatic heterocycles. The number of hydrogen-bond donors (Lipinski definition) is 1.